The highest BCUT2D eigenvalue weighted by Gasteiger charge is 2.29. The third-order valence-electron chi connectivity index (χ3n) is 5.66. The average molecular weight is 446 g/mol. The number of hydrogen-bond acceptors (Lipinski definition) is 5. The van der Waals surface area contributed by atoms with E-state index in [4.69, 9.17) is 16.2 Å². The number of benzene rings is 2. The number of hydrogen-bond donors (Lipinski definition) is 2. The van der Waals surface area contributed by atoms with Crippen molar-refractivity contribution in [3.63, 3.8) is 0 Å². The van der Waals surface area contributed by atoms with Gasteiger partial charge >= 0.3 is 0 Å². The number of nitrogens with zero attached hydrogens (tertiary/aromatic N) is 3. The number of carbonyl (C=O) groups is 2. The third kappa shape index (κ3) is 4.74. The van der Waals surface area contributed by atoms with Crippen LogP contribution < -0.4 is 16.2 Å². The van der Waals surface area contributed by atoms with Crippen molar-refractivity contribution in [1.82, 2.24) is 14.7 Å². The number of likely N-dealkylation sites (tertiary alicyclic amines) is 1. The minimum atomic E-state index is -0.643. The number of allylic oxidation sites excluding steroid dienone is 1. The van der Waals surface area contributed by atoms with Gasteiger partial charge in [0.1, 0.15) is 28.6 Å². The molecule has 1 unspecified atom stereocenters. The summed E-state index contributed by atoms with van der Waals surface area (Å²) in [6.45, 7) is 2.96. The van der Waals surface area contributed by atoms with Crippen LogP contribution in [-0.2, 0) is 4.79 Å². The van der Waals surface area contributed by atoms with Crippen molar-refractivity contribution >= 4 is 17.6 Å². The van der Waals surface area contributed by atoms with Gasteiger partial charge < -0.3 is 21.1 Å². The summed E-state index contributed by atoms with van der Waals surface area (Å²) < 4.78 is 7.48. The molecule has 0 saturated carbocycles. The molecule has 1 atom stereocenters. The number of ether oxygens (including phenoxy) is 1. The molecule has 1 fully saturated rings. The summed E-state index contributed by atoms with van der Waals surface area (Å²) in [4.78, 5) is 26.4. The summed E-state index contributed by atoms with van der Waals surface area (Å²) in [7, 11) is 0. The minimum absolute atomic E-state index is 0.0442. The topological polar surface area (TPSA) is 116 Å². The van der Waals surface area contributed by atoms with E-state index < -0.39 is 5.91 Å². The molecular weight excluding hydrogens is 418 g/mol. The van der Waals surface area contributed by atoms with E-state index in [0.717, 1.165) is 18.6 Å². The molecule has 1 aromatic heterocycles. The number of piperidine rings is 1. The highest BCUT2D eigenvalue weighted by atomic mass is 16.5. The molecule has 1 aliphatic rings. The first-order valence-corrected chi connectivity index (χ1v) is 10.9. The second-order valence-corrected chi connectivity index (χ2v) is 7.94. The van der Waals surface area contributed by atoms with Crippen molar-refractivity contribution in [2.24, 2.45) is 5.73 Å². The highest BCUT2D eigenvalue weighted by Crippen LogP contribution is 2.33. The van der Waals surface area contributed by atoms with Crippen LogP contribution in [0.5, 0.6) is 11.5 Å². The van der Waals surface area contributed by atoms with E-state index in [-0.39, 0.29) is 23.3 Å². The molecule has 0 spiro atoms. The van der Waals surface area contributed by atoms with Gasteiger partial charge in [-0.25, -0.2) is 4.68 Å². The van der Waals surface area contributed by atoms with E-state index in [9.17, 15) is 9.59 Å². The molecule has 0 radical (unpaired) electrons. The van der Waals surface area contributed by atoms with Gasteiger partial charge in [-0.2, -0.15) is 5.10 Å². The second-order valence-electron chi connectivity index (χ2n) is 7.94. The summed E-state index contributed by atoms with van der Waals surface area (Å²) >= 11 is 0. The number of anilines is 1. The van der Waals surface area contributed by atoms with Crippen molar-refractivity contribution in [2.75, 3.05) is 18.8 Å². The first-order chi connectivity index (χ1) is 16.0. The van der Waals surface area contributed by atoms with E-state index in [0.29, 0.717) is 30.1 Å². The smallest absolute Gasteiger partial charge is 0.254 e. The summed E-state index contributed by atoms with van der Waals surface area (Å²) in [5.41, 5.74) is 13.3. The minimum Gasteiger partial charge on any atom is -0.457 e. The van der Waals surface area contributed by atoms with Gasteiger partial charge in [-0.3, -0.25) is 9.59 Å². The zero-order chi connectivity index (χ0) is 23.4. The predicted molar refractivity (Wildman–Crippen MR) is 127 cm³/mol. The maximum Gasteiger partial charge on any atom is 0.254 e. The maximum absolute atomic E-state index is 12.3. The Morgan fingerprint density at radius 2 is 1.79 bits per heavy atom. The maximum atomic E-state index is 12.3. The lowest BCUT2D eigenvalue weighted by atomic mass is 10.1. The Morgan fingerprint density at radius 1 is 1.09 bits per heavy atom. The van der Waals surface area contributed by atoms with Gasteiger partial charge in [0.05, 0.1) is 6.04 Å². The first kappa shape index (κ1) is 22.1. The Hall–Kier alpha value is -4.07. The Labute approximate surface area is 192 Å². The quantitative estimate of drug-likeness (QED) is 0.560. The molecule has 2 heterocycles. The molecule has 4 N–H and O–H groups in total. The van der Waals surface area contributed by atoms with Crippen LogP contribution in [0.3, 0.4) is 0 Å². The van der Waals surface area contributed by atoms with E-state index in [1.807, 2.05) is 49.4 Å². The third-order valence-corrected chi connectivity index (χ3v) is 5.66. The van der Waals surface area contributed by atoms with Crippen molar-refractivity contribution < 1.29 is 14.3 Å². The lowest BCUT2D eigenvalue weighted by Crippen LogP contribution is -2.40. The van der Waals surface area contributed by atoms with Gasteiger partial charge in [0, 0.05) is 18.7 Å². The number of nitrogens with two attached hydrogens (primary N) is 2. The summed E-state index contributed by atoms with van der Waals surface area (Å²) in [6, 6.07) is 16.6. The molecule has 8 heteroatoms. The van der Waals surface area contributed by atoms with Gasteiger partial charge in [-0.05, 0) is 62.2 Å². The van der Waals surface area contributed by atoms with Gasteiger partial charge in [0.2, 0.25) is 5.91 Å². The monoisotopic (exact) mass is 445 g/mol. The van der Waals surface area contributed by atoms with Crippen LogP contribution >= 0.6 is 0 Å². The van der Waals surface area contributed by atoms with Crippen molar-refractivity contribution in [3.8, 4) is 22.8 Å². The zero-order valence-corrected chi connectivity index (χ0v) is 18.5. The van der Waals surface area contributed by atoms with Crippen LogP contribution in [0.15, 0.2) is 66.7 Å². The average Bonchev–Trinajstić information content (AvgIpc) is 3.18. The van der Waals surface area contributed by atoms with Crippen LogP contribution in [0.4, 0.5) is 5.82 Å². The number of carbonyl (C=O) groups excluding carboxylic acids is 2. The van der Waals surface area contributed by atoms with Gasteiger partial charge in [-0.15, -0.1) is 0 Å². The molecule has 1 saturated heterocycles. The Morgan fingerprint density at radius 3 is 2.45 bits per heavy atom. The SMILES string of the molecule is CC=CC(=O)N1CCCC(n2nc(-c3ccc(Oc4ccccc4)cc3)c(C(N)=O)c2N)C1. The molecule has 1 aliphatic heterocycles. The highest BCUT2D eigenvalue weighted by molar-refractivity contribution is 6.03. The van der Waals surface area contributed by atoms with Crippen LogP contribution in [-0.4, -0.2) is 39.6 Å². The number of aromatic nitrogens is 2. The van der Waals surface area contributed by atoms with Crippen molar-refractivity contribution in [1.29, 1.82) is 0 Å². The lowest BCUT2D eigenvalue weighted by molar-refractivity contribution is -0.127. The predicted octanol–water partition coefficient (Wildman–Crippen LogP) is 3.76. The molecule has 0 aliphatic carbocycles. The fourth-order valence-corrected chi connectivity index (χ4v) is 4.08. The van der Waals surface area contributed by atoms with Crippen LogP contribution in [0.2, 0.25) is 0 Å². The number of nitrogen functional groups attached to an aromatic ring is 1. The summed E-state index contributed by atoms with van der Waals surface area (Å²) in [5, 5.41) is 4.67. The zero-order valence-electron chi connectivity index (χ0n) is 18.5. The first-order valence-electron chi connectivity index (χ1n) is 10.9. The lowest BCUT2D eigenvalue weighted by Gasteiger charge is -2.32. The van der Waals surface area contributed by atoms with Gasteiger partial charge in [-0.1, -0.05) is 24.3 Å². The van der Waals surface area contributed by atoms with Gasteiger partial charge in [0.25, 0.3) is 5.91 Å². The number of para-hydroxylation sites is 1. The van der Waals surface area contributed by atoms with Gasteiger partial charge in [0.15, 0.2) is 0 Å². The molecule has 2 amide bonds. The molecule has 0 bridgehead atoms. The van der Waals surface area contributed by atoms with E-state index >= 15 is 0 Å². The normalized spacial score (nSPS) is 16.2. The van der Waals surface area contributed by atoms with Crippen LogP contribution in [0.1, 0.15) is 36.2 Å². The molecule has 3 aromatic rings. The fourth-order valence-electron chi connectivity index (χ4n) is 4.08. The summed E-state index contributed by atoms with van der Waals surface area (Å²) in [6.07, 6.45) is 4.89. The number of primary amides is 1. The van der Waals surface area contributed by atoms with E-state index in [1.165, 1.54) is 0 Å². The number of amides is 2. The Kier molecular flexibility index (Phi) is 6.44. The molecule has 4 rings (SSSR count). The Bertz CT molecular complexity index is 1170. The van der Waals surface area contributed by atoms with Crippen LogP contribution in [0.25, 0.3) is 11.3 Å². The van der Waals surface area contributed by atoms with Crippen LogP contribution in [0, 0.1) is 0 Å². The van der Waals surface area contributed by atoms with Crippen molar-refractivity contribution in [3.05, 3.63) is 72.3 Å². The fraction of sp³-hybridized carbons (Fsp3) is 0.240. The standard InChI is InChI=1S/C25H27N5O3/c1-2-7-21(31)29-15-6-8-18(16-29)30-24(26)22(25(27)32)23(28-30)17-11-13-20(14-12-17)33-19-9-4-3-5-10-19/h2-5,7,9-14,18H,6,8,15-16,26H2,1H3,(H2,27,32). The molecule has 170 valence electrons. The second kappa shape index (κ2) is 9.60. The summed E-state index contributed by atoms with van der Waals surface area (Å²) in [5.74, 6) is 0.912. The van der Waals surface area contributed by atoms with E-state index in [2.05, 4.69) is 5.10 Å². The number of rotatable bonds is 6. The molecule has 2 aromatic carbocycles. The van der Waals surface area contributed by atoms with Crippen molar-refractivity contribution in [2.45, 2.75) is 25.8 Å². The Balaban J connectivity index is 1.62. The van der Waals surface area contributed by atoms with E-state index in [1.54, 1.807) is 33.9 Å². The molecule has 33 heavy (non-hydrogen) atoms. The molecular formula is C25H27N5O3. The molecule has 8 nitrogen and oxygen atoms in total. The largest absolute Gasteiger partial charge is 0.457 e.